The van der Waals surface area contributed by atoms with Crippen molar-refractivity contribution in [1.82, 2.24) is 4.90 Å². The number of halogens is 1. The first-order valence-corrected chi connectivity index (χ1v) is 10.8. The summed E-state index contributed by atoms with van der Waals surface area (Å²) in [6, 6.07) is 16.0. The van der Waals surface area contributed by atoms with Gasteiger partial charge in [0.05, 0.1) is 29.0 Å². The number of benzene rings is 2. The van der Waals surface area contributed by atoms with E-state index in [4.69, 9.17) is 4.42 Å². The fourth-order valence-electron chi connectivity index (χ4n) is 3.32. The molecule has 0 aliphatic carbocycles. The van der Waals surface area contributed by atoms with Crippen molar-refractivity contribution in [1.29, 1.82) is 0 Å². The molecule has 0 bridgehead atoms. The van der Waals surface area contributed by atoms with Crippen LogP contribution in [0.15, 0.2) is 76.2 Å². The third kappa shape index (κ3) is 4.65. The Balaban J connectivity index is 1.65. The molecule has 1 aliphatic rings. The largest absolute Gasteiger partial charge is 0.468 e. The number of imide groups is 1. The number of thioether (sulfide) groups is 1. The average molecular weight is 450 g/mol. The first-order valence-electron chi connectivity index (χ1n) is 9.80. The van der Waals surface area contributed by atoms with Gasteiger partial charge in [0.1, 0.15) is 11.6 Å². The molecule has 0 unspecified atom stereocenters. The molecular weight excluding hydrogens is 431 g/mol. The Hall–Kier alpha value is -3.65. The maximum atomic E-state index is 13.3. The minimum absolute atomic E-state index is 0.0379. The van der Waals surface area contributed by atoms with Gasteiger partial charge in [-0.15, -0.1) is 11.8 Å². The van der Waals surface area contributed by atoms with E-state index in [2.05, 4.69) is 5.32 Å². The van der Waals surface area contributed by atoms with Crippen LogP contribution in [0.2, 0.25) is 0 Å². The van der Waals surface area contributed by atoms with Crippen molar-refractivity contribution in [3.05, 3.63) is 94.5 Å². The lowest BCUT2D eigenvalue weighted by molar-refractivity contribution is -0.137. The van der Waals surface area contributed by atoms with Gasteiger partial charge in [-0.1, -0.05) is 24.3 Å². The monoisotopic (exact) mass is 450 g/mol. The van der Waals surface area contributed by atoms with E-state index >= 15 is 0 Å². The highest BCUT2D eigenvalue weighted by Gasteiger charge is 2.39. The Bertz CT molecular complexity index is 1190. The summed E-state index contributed by atoms with van der Waals surface area (Å²) in [6.07, 6.45) is 1.55. The minimum Gasteiger partial charge on any atom is -0.468 e. The Morgan fingerprint density at radius 1 is 1.03 bits per heavy atom. The first-order chi connectivity index (χ1) is 15.4. The molecule has 0 spiro atoms. The Labute approximate surface area is 188 Å². The normalized spacial score (nSPS) is 13.8. The Morgan fingerprint density at radius 3 is 2.38 bits per heavy atom. The van der Waals surface area contributed by atoms with Gasteiger partial charge in [-0.3, -0.25) is 19.3 Å². The third-order valence-corrected chi connectivity index (χ3v) is 5.91. The van der Waals surface area contributed by atoms with Crippen LogP contribution in [0.5, 0.6) is 0 Å². The molecule has 1 N–H and O–H groups in total. The lowest BCUT2D eigenvalue weighted by Gasteiger charge is -2.15. The van der Waals surface area contributed by atoms with Crippen LogP contribution in [0, 0.1) is 5.82 Å². The van der Waals surface area contributed by atoms with E-state index < -0.39 is 11.8 Å². The fourth-order valence-corrected chi connectivity index (χ4v) is 4.35. The van der Waals surface area contributed by atoms with Crippen molar-refractivity contribution in [2.75, 3.05) is 5.32 Å². The van der Waals surface area contributed by atoms with Gasteiger partial charge in [-0.05, 0) is 47.5 Å². The average Bonchev–Trinajstić information content (AvgIpc) is 3.36. The molecule has 2 heterocycles. The summed E-state index contributed by atoms with van der Waals surface area (Å²) in [5, 5.41) is 2.68. The van der Waals surface area contributed by atoms with Gasteiger partial charge < -0.3 is 9.73 Å². The van der Waals surface area contributed by atoms with Crippen LogP contribution < -0.4 is 5.32 Å². The van der Waals surface area contributed by atoms with Gasteiger partial charge in [0.15, 0.2) is 0 Å². The quantitative estimate of drug-likeness (QED) is 0.533. The molecule has 0 radical (unpaired) electrons. The number of furan rings is 1. The summed E-state index contributed by atoms with van der Waals surface area (Å²) in [4.78, 5) is 39.3. The number of nitrogens with zero attached hydrogens (tertiary/aromatic N) is 1. The molecule has 0 saturated heterocycles. The van der Waals surface area contributed by atoms with E-state index in [0.29, 0.717) is 38.8 Å². The molecule has 0 saturated carbocycles. The predicted molar refractivity (Wildman–Crippen MR) is 120 cm³/mol. The number of nitrogens with one attached hydrogen (secondary N) is 1. The van der Waals surface area contributed by atoms with E-state index in [9.17, 15) is 18.8 Å². The Kier molecular flexibility index (Phi) is 6.23. The lowest BCUT2D eigenvalue weighted by atomic mass is 10.1. The van der Waals surface area contributed by atoms with Gasteiger partial charge in [-0.2, -0.15) is 0 Å². The van der Waals surface area contributed by atoms with Crippen molar-refractivity contribution < 1.29 is 23.2 Å². The highest BCUT2D eigenvalue weighted by molar-refractivity contribution is 8.03. The minimum atomic E-state index is -0.423. The summed E-state index contributed by atoms with van der Waals surface area (Å²) in [5.41, 5.74) is 2.10. The molecule has 3 aromatic rings. The molecule has 3 amide bonds. The molecule has 0 atom stereocenters. The second kappa shape index (κ2) is 9.23. The second-order valence-corrected chi connectivity index (χ2v) is 8.14. The van der Waals surface area contributed by atoms with E-state index in [1.165, 1.54) is 30.8 Å². The summed E-state index contributed by atoms with van der Waals surface area (Å²) < 4.78 is 18.6. The van der Waals surface area contributed by atoms with Crippen LogP contribution in [-0.2, 0) is 26.7 Å². The highest BCUT2D eigenvalue weighted by Crippen LogP contribution is 2.38. The molecule has 32 heavy (non-hydrogen) atoms. The zero-order chi connectivity index (χ0) is 22.7. The van der Waals surface area contributed by atoms with Crippen LogP contribution in [0.4, 0.5) is 10.1 Å². The van der Waals surface area contributed by atoms with Crippen molar-refractivity contribution in [2.24, 2.45) is 0 Å². The third-order valence-electron chi connectivity index (χ3n) is 4.81. The molecule has 2 aromatic carbocycles. The summed E-state index contributed by atoms with van der Waals surface area (Å²) >= 11 is 1.23. The maximum Gasteiger partial charge on any atom is 0.268 e. The number of anilines is 1. The van der Waals surface area contributed by atoms with Gasteiger partial charge in [-0.25, -0.2) is 4.39 Å². The summed E-state index contributed by atoms with van der Waals surface area (Å²) in [7, 11) is 0. The zero-order valence-electron chi connectivity index (χ0n) is 17.1. The van der Waals surface area contributed by atoms with E-state index in [-0.39, 0.29) is 18.3 Å². The van der Waals surface area contributed by atoms with Gasteiger partial charge in [0.25, 0.3) is 11.8 Å². The number of carbonyl (C=O) groups is 3. The number of hydrogen-bond donors (Lipinski definition) is 1. The van der Waals surface area contributed by atoms with Crippen LogP contribution >= 0.6 is 11.8 Å². The number of amides is 3. The topological polar surface area (TPSA) is 79.6 Å². The second-order valence-electron chi connectivity index (χ2n) is 7.15. The van der Waals surface area contributed by atoms with Crippen molar-refractivity contribution in [3.63, 3.8) is 0 Å². The number of carbonyl (C=O) groups excluding carboxylic acids is 3. The van der Waals surface area contributed by atoms with Crippen LogP contribution in [0.3, 0.4) is 0 Å². The molecule has 162 valence electrons. The molecule has 6 nitrogen and oxygen atoms in total. The van der Waals surface area contributed by atoms with Gasteiger partial charge in [0.2, 0.25) is 5.91 Å². The SMILES string of the molecule is CC(=O)Nc1ccc(C2=C(SCc3ccco3)C(=O)N(Cc3ccc(F)cc3)C2=O)cc1. The predicted octanol–water partition coefficient (Wildman–Crippen LogP) is 4.59. The highest BCUT2D eigenvalue weighted by atomic mass is 32.2. The van der Waals surface area contributed by atoms with Crippen LogP contribution in [0.25, 0.3) is 5.57 Å². The summed E-state index contributed by atoms with van der Waals surface area (Å²) in [5.74, 6) is -0.352. The smallest absolute Gasteiger partial charge is 0.268 e. The number of rotatable bonds is 7. The molecular formula is C24H19FN2O4S. The van der Waals surface area contributed by atoms with Crippen molar-refractivity contribution in [3.8, 4) is 0 Å². The van der Waals surface area contributed by atoms with Crippen molar-refractivity contribution >= 4 is 40.7 Å². The zero-order valence-corrected chi connectivity index (χ0v) is 17.9. The van der Waals surface area contributed by atoms with Gasteiger partial charge >= 0.3 is 0 Å². The van der Waals surface area contributed by atoms with E-state index in [1.54, 1.807) is 54.8 Å². The fraction of sp³-hybridized carbons (Fsp3) is 0.125. The standard InChI is InChI=1S/C24H19FN2O4S/c1-15(28)26-19-10-6-17(7-11-19)21-22(32-14-20-3-2-12-31-20)24(30)27(23(21)29)13-16-4-8-18(25)9-5-16/h2-12H,13-14H2,1H3,(H,26,28). The first kappa shape index (κ1) is 21.6. The van der Waals surface area contributed by atoms with Crippen molar-refractivity contribution in [2.45, 2.75) is 19.2 Å². The van der Waals surface area contributed by atoms with Crippen LogP contribution in [0.1, 0.15) is 23.8 Å². The Morgan fingerprint density at radius 2 is 1.75 bits per heavy atom. The lowest BCUT2D eigenvalue weighted by Crippen LogP contribution is -2.30. The maximum absolute atomic E-state index is 13.3. The van der Waals surface area contributed by atoms with E-state index in [1.807, 2.05) is 0 Å². The van der Waals surface area contributed by atoms with Gasteiger partial charge in [0, 0.05) is 12.6 Å². The molecule has 0 fully saturated rings. The summed E-state index contributed by atoms with van der Waals surface area (Å²) in [6.45, 7) is 1.45. The molecule has 8 heteroatoms. The molecule has 4 rings (SSSR count). The number of hydrogen-bond acceptors (Lipinski definition) is 5. The molecule has 1 aromatic heterocycles. The van der Waals surface area contributed by atoms with E-state index in [0.717, 1.165) is 4.90 Å². The van der Waals surface area contributed by atoms with Crippen LogP contribution in [-0.4, -0.2) is 22.6 Å². The molecule has 1 aliphatic heterocycles.